The van der Waals surface area contributed by atoms with Crippen molar-refractivity contribution >= 4 is 0 Å². The van der Waals surface area contributed by atoms with E-state index in [1.807, 2.05) is 6.07 Å². The first-order valence-corrected chi connectivity index (χ1v) is 8.06. The topological polar surface area (TPSA) is 15.3 Å². The van der Waals surface area contributed by atoms with Crippen molar-refractivity contribution in [2.75, 3.05) is 19.6 Å². The van der Waals surface area contributed by atoms with Crippen LogP contribution < -0.4 is 5.32 Å². The highest BCUT2D eigenvalue weighted by atomic mass is 19.1. The van der Waals surface area contributed by atoms with E-state index in [-0.39, 0.29) is 5.82 Å². The Bertz CT molecular complexity index is 498. The number of halogens is 1. The van der Waals surface area contributed by atoms with Gasteiger partial charge in [0, 0.05) is 18.6 Å². The van der Waals surface area contributed by atoms with Gasteiger partial charge >= 0.3 is 0 Å². The maximum absolute atomic E-state index is 13.7. The number of nitrogens with zero attached hydrogens (tertiary/aromatic N) is 1. The summed E-state index contributed by atoms with van der Waals surface area (Å²) in [5.74, 6) is 0.765. The van der Waals surface area contributed by atoms with Crippen LogP contribution in [0.25, 0.3) is 0 Å². The molecular formula is C17H23FN2. The molecule has 0 spiro atoms. The SMILES string of the molecule is Fc1cccc2c1CCC2NCC1CCN(C2CC2)C1. The molecule has 1 N–H and O–H groups in total. The number of likely N-dealkylation sites (tertiary alicyclic amines) is 1. The smallest absolute Gasteiger partial charge is 0.126 e. The standard InChI is InChI=1S/C17H23FN2/c18-16-3-1-2-15-14(16)6-7-17(15)19-10-12-8-9-20(11-12)13-4-5-13/h1-3,12-13,17,19H,4-11H2. The van der Waals surface area contributed by atoms with Gasteiger partial charge in [0.2, 0.25) is 0 Å². The van der Waals surface area contributed by atoms with Gasteiger partial charge in [-0.3, -0.25) is 0 Å². The molecule has 3 heteroatoms. The fourth-order valence-electron chi connectivity index (χ4n) is 3.93. The van der Waals surface area contributed by atoms with Crippen LogP contribution in [0.5, 0.6) is 0 Å². The van der Waals surface area contributed by atoms with E-state index in [0.717, 1.165) is 36.9 Å². The average Bonchev–Trinajstić information content (AvgIpc) is 3.05. The Morgan fingerprint density at radius 3 is 2.95 bits per heavy atom. The lowest BCUT2D eigenvalue weighted by Gasteiger charge is -2.18. The van der Waals surface area contributed by atoms with Crippen molar-refractivity contribution in [1.82, 2.24) is 10.2 Å². The maximum atomic E-state index is 13.7. The Morgan fingerprint density at radius 1 is 1.20 bits per heavy atom. The van der Waals surface area contributed by atoms with Crippen molar-refractivity contribution in [3.8, 4) is 0 Å². The van der Waals surface area contributed by atoms with Crippen LogP contribution in [0.3, 0.4) is 0 Å². The number of hydrogen-bond acceptors (Lipinski definition) is 2. The molecule has 2 aliphatic carbocycles. The normalized spacial score (nSPS) is 29.9. The van der Waals surface area contributed by atoms with Crippen LogP contribution in [-0.2, 0) is 6.42 Å². The molecule has 2 unspecified atom stereocenters. The van der Waals surface area contributed by atoms with Gasteiger partial charge in [-0.2, -0.15) is 0 Å². The summed E-state index contributed by atoms with van der Waals surface area (Å²) in [5, 5.41) is 3.69. The monoisotopic (exact) mass is 274 g/mol. The van der Waals surface area contributed by atoms with Crippen molar-refractivity contribution < 1.29 is 4.39 Å². The largest absolute Gasteiger partial charge is 0.310 e. The van der Waals surface area contributed by atoms with Crippen LogP contribution in [0, 0.1) is 11.7 Å². The van der Waals surface area contributed by atoms with Crippen molar-refractivity contribution in [3.63, 3.8) is 0 Å². The van der Waals surface area contributed by atoms with Crippen molar-refractivity contribution in [1.29, 1.82) is 0 Å². The van der Waals surface area contributed by atoms with Crippen molar-refractivity contribution in [2.24, 2.45) is 5.92 Å². The second-order valence-electron chi connectivity index (χ2n) is 6.69. The highest BCUT2D eigenvalue weighted by molar-refractivity contribution is 5.35. The van der Waals surface area contributed by atoms with E-state index in [1.54, 1.807) is 6.07 Å². The third-order valence-corrected chi connectivity index (χ3v) is 5.25. The van der Waals surface area contributed by atoms with Crippen molar-refractivity contribution in [2.45, 2.75) is 44.2 Å². The molecule has 0 radical (unpaired) electrons. The van der Waals surface area contributed by atoms with Gasteiger partial charge < -0.3 is 10.2 Å². The summed E-state index contributed by atoms with van der Waals surface area (Å²) in [6.45, 7) is 3.64. The van der Waals surface area contributed by atoms with E-state index >= 15 is 0 Å². The van der Waals surface area contributed by atoms with Gasteiger partial charge in [0.1, 0.15) is 5.82 Å². The van der Waals surface area contributed by atoms with Crippen LogP contribution in [-0.4, -0.2) is 30.6 Å². The number of fused-ring (bicyclic) bond motifs is 1. The minimum absolute atomic E-state index is 0.0208. The van der Waals surface area contributed by atoms with E-state index in [0.29, 0.717) is 6.04 Å². The predicted molar refractivity (Wildman–Crippen MR) is 78.2 cm³/mol. The summed E-state index contributed by atoms with van der Waals surface area (Å²) in [6, 6.07) is 6.80. The number of nitrogens with one attached hydrogen (secondary N) is 1. The Balaban J connectivity index is 1.34. The van der Waals surface area contributed by atoms with Gasteiger partial charge in [-0.15, -0.1) is 0 Å². The fourth-order valence-corrected chi connectivity index (χ4v) is 3.93. The molecule has 0 aromatic heterocycles. The lowest BCUT2D eigenvalue weighted by Crippen LogP contribution is -2.29. The molecule has 1 saturated heterocycles. The molecular weight excluding hydrogens is 251 g/mol. The Labute approximate surface area is 120 Å². The Kier molecular flexibility index (Phi) is 3.27. The van der Waals surface area contributed by atoms with E-state index in [4.69, 9.17) is 0 Å². The zero-order chi connectivity index (χ0) is 13.5. The summed E-state index contributed by atoms with van der Waals surface area (Å²) in [6.07, 6.45) is 6.09. The molecule has 1 aromatic rings. The van der Waals surface area contributed by atoms with Crippen LogP contribution in [0.15, 0.2) is 18.2 Å². The highest BCUT2D eigenvalue weighted by Crippen LogP contribution is 2.34. The lowest BCUT2D eigenvalue weighted by atomic mass is 10.1. The zero-order valence-corrected chi connectivity index (χ0v) is 11.9. The molecule has 0 amide bonds. The van der Waals surface area contributed by atoms with Gasteiger partial charge in [-0.05, 0) is 68.3 Å². The summed E-state index contributed by atoms with van der Waals surface area (Å²) in [4.78, 5) is 2.66. The van der Waals surface area contributed by atoms with Gasteiger partial charge in [-0.25, -0.2) is 4.39 Å². The van der Waals surface area contributed by atoms with Gasteiger partial charge in [0.15, 0.2) is 0 Å². The summed E-state index contributed by atoms with van der Waals surface area (Å²) in [7, 11) is 0. The highest BCUT2D eigenvalue weighted by Gasteiger charge is 2.34. The van der Waals surface area contributed by atoms with Gasteiger partial charge in [-0.1, -0.05) is 12.1 Å². The molecule has 0 bridgehead atoms. The van der Waals surface area contributed by atoms with Crippen LogP contribution in [0.1, 0.15) is 42.9 Å². The number of benzene rings is 1. The Morgan fingerprint density at radius 2 is 2.10 bits per heavy atom. The van der Waals surface area contributed by atoms with Gasteiger partial charge in [0.25, 0.3) is 0 Å². The molecule has 1 saturated carbocycles. The maximum Gasteiger partial charge on any atom is 0.126 e. The molecule has 2 atom stereocenters. The third-order valence-electron chi connectivity index (χ3n) is 5.25. The Hall–Kier alpha value is -0.930. The van der Waals surface area contributed by atoms with Crippen LogP contribution in [0.4, 0.5) is 4.39 Å². The summed E-state index contributed by atoms with van der Waals surface area (Å²) >= 11 is 0. The number of rotatable bonds is 4. The molecule has 20 heavy (non-hydrogen) atoms. The molecule has 4 rings (SSSR count). The second-order valence-corrected chi connectivity index (χ2v) is 6.69. The van der Waals surface area contributed by atoms with Crippen molar-refractivity contribution in [3.05, 3.63) is 35.1 Å². The number of hydrogen-bond donors (Lipinski definition) is 1. The van der Waals surface area contributed by atoms with E-state index in [2.05, 4.69) is 16.3 Å². The first kappa shape index (κ1) is 12.8. The molecule has 1 aliphatic heterocycles. The summed E-state index contributed by atoms with van der Waals surface area (Å²) in [5.41, 5.74) is 2.14. The van der Waals surface area contributed by atoms with Gasteiger partial charge in [0.05, 0.1) is 0 Å². The minimum Gasteiger partial charge on any atom is -0.310 e. The first-order chi connectivity index (χ1) is 9.81. The molecule has 2 fully saturated rings. The molecule has 108 valence electrons. The molecule has 1 aromatic carbocycles. The second kappa shape index (κ2) is 5.12. The predicted octanol–water partition coefficient (Wildman–Crippen LogP) is 2.89. The van der Waals surface area contributed by atoms with Crippen LogP contribution >= 0.6 is 0 Å². The fraction of sp³-hybridized carbons (Fsp3) is 0.647. The first-order valence-electron chi connectivity index (χ1n) is 8.06. The zero-order valence-electron chi connectivity index (χ0n) is 11.9. The average molecular weight is 274 g/mol. The van der Waals surface area contributed by atoms with E-state index < -0.39 is 0 Å². The van der Waals surface area contributed by atoms with Crippen LogP contribution in [0.2, 0.25) is 0 Å². The van der Waals surface area contributed by atoms with E-state index in [1.165, 1.54) is 37.9 Å². The molecule has 1 heterocycles. The molecule has 3 aliphatic rings. The third kappa shape index (κ3) is 2.38. The minimum atomic E-state index is -0.0208. The summed E-state index contributed by atoms with van der Waals surface area (Å²) < 4.78 is 13.7. The molecule has 2 nitrogen and oxygen atoms in total. The lowest BCUT2D eigenvalue weighted by molar-refractivity contribution is 0.309. The van der Waals surface area contributed by atoms with E-state index in [9.17, 15) is 4.39 Å². The quantitative estimate of drug-likeness (QED) is 0.908.